The molecule has 0 unspecified atom stereocenters. The van der Waals surface area contributed by atoms with Gasteiger partial charge in [-0.05, 0) is 34.1 Å². The highest BCUT2D eigenvalue weighted by Gasteiger charge is 2.23. The minimum atomic E-state index is -3.03. The number of carbonyl (C=O) groups is 1. The number of nitrogens with zero attached hydrogens (tertiary/aromatic N) is 1. The van der Waals surface area contributed by atoms with Gasteiger partial charge in [0.2, 0.25) is 5.91 Å². The summed E-state index contributed by atoms with van der Waals surface area (Å²) in [6.07, 6.45) is 0.707. The summed E-state index contributed by atoms with van der Waals surface area (Å²) in [5.41, 5.74) is 0. The molecule has 0 radical (unpaired) electrons. The van der Waals surface area contributed by atoms with E-state index in [2.05, 4.69) is 0 Å². The van der Waals surface area contributed by atoms with Gasteiger partial charge < -0.3 is 9.05 Å². The van der Waals surface area contributed by atoms with E-state index in [1.54, 1.807) is 13.8 Å². The van der Waals surface area contributed by atoms with Gasteiger partial charge in [0.15, 0.2) is 0 Å². The number of hydrogen-bond acceptors (Lipinski definition) is 5. The van der Waals surface area contributed by atoms with Crippen molar-refractivity contribution in [1.82, 2.24) is 5.06 Å². The summed E-state index contributed by atoms with van der Waals surface area (Å²) in [4.78, 5) is 16.7. The first-order valence-corrected chi connectivity index (χ1v) is 8.40. The first-order valence-electron chi connectivity index (χ1n) is 6.67. The van der Waals surface area contributed by atoms with Crippen molar-refractivity contribution in [2.24, 2.45) is 0 Å². The first-order chi connectivity index (χ1) is 8.84. The summed E-state index contributed by atoms with van der Waals surface area (Å²) in [6.45, 7) is 9.74. The fourth-order valence-corrected chi connectivity index (χ4v) is 3.15. The molecule has 114 valence electrons. The van der Waals surface area contributed by atoms with E-state index in [0.29, 0.717) is 26.2 Å². The fourth-order valence-electron chi connectivity index (χ4n) is 1.51. The van der Waals surface area contributed by atoms with Crippen molar-refractivity contribution in [1.29, 1.82) is 0 Å². The smallest absolute Gasteiger partial charge is 0.309 e. The topological polar surface area (TPSA) is 65.1 Å². The molecule has 0 bridgehead atoms. The standard InChI is InChI=1S/C12H26NO5P/c1-6-16-19(15,17-7-2)10-8-9-13(12(5)14)18-11(3)4/h11H,6-10H2,1-5H3. The van der Waals surface area contributed by atoms with Gasteiger partial charge in [0.1, 0.15) is 0 Å². The molecule has 0 rings (SSSR count). The maximum Gasteiger partial charge on any atom is 0.330 e. The molecular weight excluding hydrogens is 269 g/mol. The third kappa shape index (κ3) is 8.37. The Kier molecular flexibility index (Phi) is 9.27. The van der Waals surface area contributed by atoms with E-state index in [1.165, 1.54) is 12.0 Å². The Labute approximate surface area is 115 Å². The molecule has 0 N–H and O–H groups in total. The van der Waals surface area contributed by atoms with E-state index in [-0.39, 0.29) is 18.2 Å². The lowest BCUT2D eigenvalue weighted by atomic mass is 10.4. The van der Waals surface area contributed by atoms with E-state index in [4.69, 9.17) is 13.9 Å². The van der Waals surface area contributed by atoms with Gasteiger partial charge in [0.05, 0.1) is 25.5 Å². The van der Waals surface area contributed by atoms with Crippen molar-refractivity contribution in [2.45, 2.75) is 47.1 Å². The maximum absolute atomic E-state index is 12.2. The van der Waals surface area contributed by atoms with Crippen LogP contribution in [0.25, 0.3) is 0 Å². The number of hydrogen-bond donors (Lipinski definition) is 0. The highest BCUT2D eigenvalue weighted by molar-refractivity contribution is 7.53. The number of rotatable bonds is 10. The average Bonchev–Trinajstić information content (AvgIpc) is 2.27. The minimum absolute atomic E-state index is 0.0745. The van der Waals surface area contributed by atoms with E-state index in [1.807, 2.05) is 13.8 Å². The molecule has 0 saturated heterocycles. The predicted octanol–water partition coefficient (Wildman–Crippen LogP) is 2.83. The van der Waals surface area contributed by atoms with Crippen LogP contribution >= 0.6 is 7.60 Å². The third-order valence-corrected chi connectivity index (χ3v) is 4.30. The van der Waals surface area contributed by atoms with E-state index < -0.39 is 7.60 Å². The average molecular weight is 295 g/mol. The van der Waals surface area contributed by atoms with Gasteiger partial charge in [0.25, 0.3) is 0 Å². The van der Waals surface area contributed by atoms with Crippen molar-refractivity contribution >= 4 is 13.5 Å². The largest absolute Gasteiger partial charge is 0.330 e. The van der Waals surface area contributed by atoms with Crippen LogP contribution in [0.5, 0.6) is 0 Å². The molecule has 0 aliphatic heterocycles. The van der Waals surface area contributed by atoms with Crippen molar-refractivity contribution in [3.63, 3.8) is 0 Å². The Morgan fingerprint density at radius 1 is 1.21 bits per heavy atom. The van der Waals surface area contributed by atoms with E-state index >= 15 is 0 Å². The number of amides is 1. The second-order valence-corrected chi connectivity index (χ2v) is 6.48. The second-order valence-electron chi connectivity index (χ2n) is 4.30. The molecule has 0 aromatic rings. The molecule has 0 fully saturated rings. The fraction of sp³-hybridized carbons (Fsp3) is 0.917. The van der Waals surface area contributed by atoms with Crippen LogP contribution < -0.4 is 0 Å². The van der Waals surface area contributed by atoms with Crippen LogP contribution in [0.1, 0.15) is 41.0 Å². The molecule has 0 atom stereocenters. The zero-order valence-corrected chi connectivity index (χ0v) is 13.4. The van der Waals surface area contributed by atoms with Crippen LogP contribution in [-0.4, -0.2) is 43.0 Å². The van der Waals surface area contributed by atoms with Crippen LogP contribution in [-0.2, 0) is 23.2 Å². The highest BCUT2D eigenvalue weighted by Crippen LogP contribution is 2.48. The molecular formula is C12H26NO5P. The van der Waals surface area contributed by atoms with Crippen molar-refractivity contribution in [3.05, 3.63) is 0 Å². The molecule has 0 aromatic carbocycles. The van der Waals surface area contributed by atoms with Crippen LogP contribution in [0.4, 0.5) is 0 Å². The summed E-state index contributed by atoms with van der Waals surface area (Å²) < 4.78 is 22.6. The molecule has 0 heterocycles. The van der Waals surface area contributed by atoms with Crippen LogP contribution in [0.3, 0.4) is 0 Å². The molecule has 0 aliphatic carbocycles. The normalized spacial score (nSPS) is 11.9. The summed E-state index contributed by atoms with van der Waals surface area (Å²) in [5, 5.41) is 1.28. The maximum atomic E-state index is 12.2. The van der Waals surface area contributed by atoms with Gasteiger partial charge in [-0.2, -0.15) is 0 Å². The Morgan fingerprint density at radius 3 is 2.11 bits per heavy atom. The molecule has 19 heavy (non-hydrogen) atoms. The second kappa shape index (κ2) is 9.48. The molecule has 7 heteroatoms. The van der Waals surface area contributed by atoms with Crippen LogP contribution in [0, 0.1) is 0 Å². The SMILES string of the molecule is CCOP(=O)(CCCN(OC(C)C)C(C)=O)OCC. The zero-order chi connectivity index (χ0) is 14.9. The quantitative estimate of drug-likeness (QED) is 0.458. The minimum Gasteiger partial charge on any atom is -0.309 e. The van der Waals surface area contributed by atoms with Gasteiger partial charge in [-0.3, -0.25) is 14.2 Å². The van der Waals surface area contributed by atoms with Gasteiger partial charge in [-0.1, -0.05) is 0 Å². The Hall–Kier alpha value is -0.420. The lowest BCUT2D eigenvalue weighted by molar-refractivity contribution is -0.198. The van der Waals surface area contributed by atoms with Gasteiger partial charge >= 0.3 is 7.60 Å². The first kappa shape index (κ1) is 18.6. The number of hydroxylamine groups is 2. The Bertz CT molecular complexity index is 298. The molecule has 0 aromatic heterocycles. The van der Waals surface area contributed by atoms with Gasteiger partial charge in [-0.25, -0.2) is 5.06 Å². The summed E-state index contributed by atoms with van der Waals surface area (Å²) >= 11 is 0. The highest BCUT2D eigenvalue weighted by atomic mass is 31.2. The summed E-state index contributed by atoms with van der Waals surface area (Å²) in [7, 11) is -3.03. The third-order valence-electron chi connectivity index (χ3n) is 2.13. The monoisotopic (exact) mass is 295 g/mol. The van der Waals surface area contributed by atoms with Crippen molar-refractivity contribution in [3.8, 4) is 0 Å². The molecule has 6 nitrogen and oxygen atoms in total. The van der Waals surface area contributed by atoms with Crippen molar-refractivity contribution in [2.75, 3.05) is 25.9 Å². The van der Waals surface area contributed by atoms with Crippen LogP contribution in [0.2, 0.25) is 0 Å². The lowest BCUT2D eigenvalue weighted by Crippen LogP contribution is -2.33. The Balaban J connectivity index is 4.28. The molecule has 0 aliphatic rings. The summed E-state index contributed by atoms with van der Waals surface area (Å²) in [6, 6.07) is 0. The molecule has 0 saturated carbocycles. The van der Waals surface area contributed by atoms with E-state index in [0.717, 1.165) is 0 Å². The Morgan fingerprint density at radius 2 is 1.74 bits per heavy atom. The van der Waals surface area contributed by atoms with E-state index in [9.17, 15) is 9.36 Å². The predicted molar refractivity (Wildman–Crippen MR) is 74.0 cm³/mol. The lowest BCUT2D eigenvalue weighted by Gasteiger charge is -2.23. The van der Waals surface area contributed by atoms with Crippen LogP contribution in [0.15, 0.2) is 0 Å². The number of carbonyl (C=O) groups excluding carboxylic acids is 1. The zero-order valence-electron chi connectivity index (χ0n) is 12.5. The molecule has 1 amide bonds. The molecule has 0 spiro atoms. The summed E-state index contributed by atoms with van der Waals surface area (Å²) in [5.74, 6) is -0.170. The van der Waals surface area contributed by atoms with Crippen molar-refractivity contribution < 1.29 is 23.2 Å². The van der Waals surface area contributed by atoms with Gasteiger partial charge in [0, 0.05) is 13.5 Å². The van der Waals surface area contributed by atoms with Gasteiger partial charge in [-0.15, -0.1) is 0 Å².